The van der Waals surface area contributed by atoms with Crippen molar-refractivity contribution in [2.45, 2.75) is 12.8 Å². The maximum absolute atomic E-state index is 12.4. The Bertz CT molecular complexity index is 220. The van der Waals surface area contributed by atoms with E-state index in [0.717, 1.165) is 6.08 Å². The Balaban J connectivity index is 2.89. The first-order valence-corrected chi connectivity index (χ1v) is 2.91. The van der Waals surface area contributed by atoms with E-state index >= 15 is 0 Å². The van der Waals surface area contributed by atoms with Crippen LogP contribution in [-0.2, 0) is 0 Å². The Labute approximate surface area is 57.0 Å². The van der Waals surface area contributed by atoms with E-state index in [1.165, 1.54) is 0 Å². The van der Waals surface area contributed by atoms with E-state index in [1.807, 2.05) is 0 Å². The van der Waals surface area contributed by atoms with E-state index < -0.39 is 10.8 Å². The highest BCUT2D eigenvalue weighted by Crippen LogP contribution is 2.19. The Morgan fingerprint density at radius 1 is 1.70 bits per heavy atom. The molecular weight excluding hydrogens is 137 g/mol. The normalized spacial score (nSPS) is 17.7. The van der Waals surface area contributed by atoms with E-state index in [-0.39, 0.29) is 12.1 Å². The largest absolute Gasteiger partial charge is 0.281 e. The lowest BCUT2D eigenvalue weighted by Crippen LogP contribution is -2.02. The fourth-order valence-corrected chi connectivity index (χ4v) is 0.801. The molecule has 0 radical (unpaired) electrons. The third kappa shape index (κ3) is 1.21. The van der Waals surface area contributed by atoms with Crippen molar-refractivity contribution in [3.05, 3.63) is 33.8 Å². The predicted molar refractivity (Wildman–Crippen MR) is 33.5 cm³/mol. The number of nitrogens with zero attached hydrogens (tertiary/aromatic N) is 1. The second-order valence-corrected chi connectivity index (χ2v) is 1.99. The van der Waals surface area contributed by atoms with E-state index in [2.05, 4.69) is 0 Å². The summed E-state index contributed by atoms with van der Waals surface area (Å²) in [5, 5.41) is 10.0. The summed E-state index contributed by atoms with van der Waals surface area (Å²) in [6, 6.07) is 0. The highest BCUT2D eigenvalue weighted by Gasteiger charge is 2.18. The van der Waals surface area contributed by atoms with Crippen LogP contribution in [0.1, 0.15) is 12.8 Å². The Kier molecular flexibility index (Phi) is 1.80. The van der Waals surface area contributed by atoms with Gasteiger partial charge in [-0.1, -0.05) is 6.08 Å². The molecular formula is C6H6FNO2. The molecule has 0 amide bonds. The van der Waals surface area contributed by atoms with Crippen molar-refractivity contribution in [2.24, 2.45) is 0 Å². The van der Waals surface area contributed by atoms with E-state index in [9.17, 15) is 14.5 Å². The molecule has 0 spiro atoms. The summed E-state index contributed by atoms with van der Waals surface area (Å²) < 4.78 is 12.4. The fraction of sp³-hybridized carbons (Fsp3) is 0.333. The van der Waals surface area contributed by atoms with E-state index in [4.69, 9.17) is 0 Å². The van der Waals surface area contributed by atoms with Gasteiger partial charge in [0.25, 0.3) is 5.70 Å². The van der Waals surface area contributed by atoms with Gasteiger partial charge in [0.15, 0.2) is 5.83 Å². The number of allylic oxidation sites excluding steroid dienone is 4. The molecule has 0 aromatic carbocycles. The average Bonchev–Trinajstić information content (AvgIpc) is 1.88. The van der Waals surface area contributed by atoms with Crippen molar-refractivity contribution in [1.29, 1.82) is 0 Å². The summed E-state index contributed by atoms with van der Waals surface area (Å²) in [5.74, 6) is -0.712. The number of nitro groups is 1. The molecule has 0 saturated carbocycles. The van der Waals surface area contributed by atoms with Crippen LogP contribution in [0, 0.1) is 10.1 Å². The van der Waals surface area contributed by atoms with Crippen LogP contribution in [0.5, 0.6) is 0 Å². The van der Waals surface area contributed by atoms with Gasteiger partial charge in [-0.05, 0) is 12.5 Å². The SMILES string of the molecule is O=[N+]([O-])C1=C(F)C=CCC1. The third-order valence-corrected chi connectivity index (χ3v) is 1.31. The highest BCUT2D eigenvalue weighted by molar-refractivity contribution is 5.19. The molecule has 1 rings (SSSR count). The van der Waals surface area contributed by atoms with Crippen LogP contribution in [0.3, 0.4) is 0 Å². The van der Waals surface area contributed by atoms with Crippen LogP contribution in [0.4, 0.5) is 4.39 Å². The van der Waals surface area contributed by atoms with Gasteiger partial charge in [0.1, 0.15) is 0 Å². The summed E-state index contributed by atoms with van der Waals surface area (Å²) in [4.78, 5) is 9.37. The summed E-state index contributed by atoms with van der Waals surface area (Å²) in [6.45, 7) is 0. The minimum absolute atomic E-state index is 0.204. The number of hydrogen-bond donors (Lipinski definition) is 0. The van der Waals surface area contributed by atoms with Crippen LogP contribution in [0.15, 0.2) is 23.7 Å². The predicted octanol–water partition coefficient (Wildman–Crippen LogP) is 1.79. The van der Waals surface area contributed by atoms with Gasteiger partial charge >= 0.3 is 0 Å². The molecule has 1 aliphatic carbocycles. The van der Waals surface area contributed by atoms with Gasteiger partial charge < -0.3 is 0 Å². The second kappa shape index (κ2) is 2.60. The maximum atomic E-state index is 12.4. The summed E-state index contributed by atoms with van der Waals surface area (Å²) in [6.07, 6.45) is 3.49. The Hall–Kier alpha value is -1.19. The molecule has 0 heterocycles. The lowest BCUT2D eigenvalue weighted by molar-refractivity contribution is -0.430. The minimum Gasteiger partial charge on any atom is -0.259 e. The van der Waals surface area contributed by atoms with Gasteiger partial charge in [-0.2, -0.15) is 4.39 Å². The van der Waals surface area contributed by atoms with Gasteiger partial charge in [0.2, 0.25) is 0 Å². The van der Waals surface area contributed by atoms with Crippen molar-refractivity contribution < 1.29 is 9.31 Å². The first-order chi connectivity index (χ1) is 4.72. The van der Waals surface area contributed by atoms with Gasteiger partial charge in [-0.25, -0.2) is 0 Å². The Morgan fingerprint density at radius 2 is 2.40 bits per heavy atom. The van der Waals surface area contributed by atoms with Gasteiger partial charge in [-0.15, -0.1) is 0 Å². The van der Waals surface area contributed by atoms with Crippen molar-refractivity contribution in [1.82, 2.24) is 0 Å². The Morgan fingerprint density at radius 3 is 2.80 bits per heavy atom. The zero-order chi connectivity index (χ0) is 7.56. The van der Waals surface area contributed by atoms with Crippen molar-refractivity contribution in [3.63, 3.8) is 0 Å². The maximum Gasteiger partial charge on any atom is 0.281 e. The second-order valence-electron chi connectivity index (χ2n) is 1.99. The minimum atomic E-state index is -0.712. The molecule has 1 aliphatic rings. The quantitative estimate of drug-likeness (QED) is 0.415. The van der Waals surface area contributed by atoms with Crippen LogP contribution >= 0.6 is 0 Å². The molecule has 0 saturated heterocycles. The average molecular weight is 143 g/mol. The highest BCUT2D eigenvalue weighted by atomic mass is 19.1. The molecule has 0 N–H and O–H groups in total. The van der Waals surface area contributed by atoms with Crippen molar-refractivity contribution >= 4 is 0 Å². The zero-order valence-corrected chi connectivity index (χ0v) is 5.21. The molecule has 10 heavy (non-hydrogen) atoms. The fourth-order valence-electron chi connectivity index (χ4n) is 0.801. The summed E-state index contributed by atoms with van der Waals surface area (Å²) in [5.41, 5.74) is -0.303. The van der Waals surface area contributed by atoms with Crippen molar-refractivity contribution in [2.75, 3.05) is 0 Å². The number of halogens is 1. The lowest BCUT2D eigenvalue weighted by atomic mass is 10.1. The first-order valence-electron chi connectivity index (χ1n) is 2.91. The first kappa shape index (κ1) is 6.92. The lowest BCUT2D eigenvalue weighted by Gasteiger charge is -2.00. The number of hydrogen-bond acceptors (Lipinski definition) is 2. The van der Waals surface area contributed by atoms with E-state index in [1.54, 1.807) is 6.08 Å². The molecule has 0 fully saturated rings. The molecule has 0 aromatic rings. The molecule has 0 aromatic heterocycles. The smallest absolute Gasteiger partial charge is 0.259 e. The van der Waals surface area contributed by atoms with Gasteiger partial charge in [0.05, 0.1) is 4.92 Å². The standard InChI is InChI=1S/C6H6FNO2/c7-5-3-1-2-4-6(5)8(9)10/h1,3H,2,4H2. The monoisotopic (exact) mass is 143 g/mol. The van der Waals surface area contributed by atoms with E-state index in [0.29, 0.717) is 6.42 Å². The number of rotatable bonds is 1. The summed E-state index contributed by atoms with van der Waals surface area (Å²) >= 11 is 0. The summed E-state index contributed by atoms with van der Waals surface area (Å²) in [7, 11) is 0. The zero-order valence-electron chi connectivity index (χ0n) is 5.21. The van der Waals surface area contributed by atoms with Crippen LogP contribution in [0.25, 0.3) is 0 Å². The molecule has 4 heteroatoms. The topological polar surface area (TPSA) is 43.1 Å². The third-order valence-electron chi connectivity index (χ3n) is 1.31. The molecule has 0 bridgehead atoms. The molecule has 3 nitrogen and oxygen atoms in total. The molecule has 0 unspecified atom stereocenters. The molecule has 0 aliphatic heterocycles. The van der Waals surface area contributed by atoms with Crippen LogP contribution in [-0.4, -0.2) is 4.92 Å². The van der Waals surface area contributed by atoms with Crippen molar-refractivity contribution in [3.8, 4) is 0 Å². The van der Waals surface area contributed by atoms with Gasteiger partial charge in [0, 0.05) is 6.42 Å². The van der Waals surface area contributed by atoms with Gasteiger partial charge in [-0.3, -0.25) is 10.1 Å². The molecule has 54 valence electrons. The molecule has 0 atom stereocenters. The van der Waals surface area contributed by atoms with Crippen LogP contribution < -0.4 is 0 Å². The van der Waals surface area contributed by atoms with Crippen LogP contribution in [0.2, 0.25) is 0 Å².